The predicted octanol–water partition coefficient (Wildman–Crippen LogP) is 9.39. The number of ether oxygens (including phenoxy) is 2. The van der Waals surface area contributed by atoms with Gasteiger partial charge in [0.15, 0.2) is 11.4 Å². The fourth-order valence-electron chi connectivity index (χ4n) is 4.92. The van der Waals surface area contributed by atoms with Crippen molar-refractivity contribution in [2.24, 2.45) is 0 Å². The van der Waals surface area contributed by atoms with E-state index >= 15 is 0 Å². The van der Waals surface area contributed by atoms with Crippen LogP contribution in [0.5, 0.6) is 5.75 Å². The summed E-state index contributed by atoms with van der Waals surface area (Å²) in [5, 5.41) is 36.6. The van der Waals surface area contributed by atoms with E-state index < -0.39 is 15.8 Å². The smallest absolute Gasteiger partial charge is 0.341 e. The van der Waals surface area contributed by atoms with E-state index in [9.17, 15) is 29.8 Å². The summed E-state index contributed by atoms with van der Waals surface area (Å²) >= 11 is 18.7. The van der Waals surface area contributed by atoms with Gasteiger partial charge in [0.2, 0.25) is 5.91 Å². The Bertz CT molecular complexity index is 1650. The molecule has 0 radical (unpaired) electrons. The van der Waals surface area contributed by atoms with Crippen molar-refractivity contribution in [1.29, 1.82) is 0 Å². The summed E-state index contributed by atoms with van der Waals surface area (Å²) in [4.78, 5) is 46.9. The highest BCUT2D eigenvalue weighted by Crippen LogP contribution is 2.40. The van der Waals surface area contributed by atoms with Gasteiger partial charge in [-0.2, -0.15) is 0 Å². The van der Waals surface area contributed by atoms with Gasteiger partial charge in [0, 0.05) is 29.7 Å². The molecule has 1 unspecified atom stereocenters. The molecule has 1 amide bonds. The zero-order valence-corrected chi connectivity index (χ0v) is 32.5. The predicted molar refractivity (Wildman–Crippen MR) is 201 cm³/mol. The molecule has 1 aromatic heterocycles. The number of nitrogens with zero attached hydrogens (tertiary/aromatic N) is 3. The van der Waals surface area contributed by atoms with Crippen LogP contribution in [0.25, 0.3) is 0 Å². The van der Waals surface area contributed by atoms with E-state index in [2.05, 4.69) is 10.7 Å². The molecule has 2 N–H and O–H groups in total. The molecule has 0 saturated carbocycles. The van der Waals surface area contributed by atoms with Gasteiger partial charge in [0.1, 0.15) is 11.4 Å². The summed E-state index contributed by atoms with van der Waals surface area (Å²) in [5.41, 5.74) is 2.52. The zero-order valence-electron chi connectivity index (χ0n) is 29.4. The number of nitro groups is 2. The quantitative estimate of drug-likeness (QED) is 0.0967. The highest BCUT2D eigenvalue weighted by molar-refractivity contribution is 7.10. The number of alkyl halides is 1. The minimum atomic E-state index is -1.16. The Kier molecular flexibility index (Phi) is 18.5. The second-order valence-electron chi connectivity index (χ2n) is 11.0. The monoisotopic (exact) mass is 776 g/mol. The number of hydrogen-bond acceptors (Lipinski definition) is 10. The Morgan fingerprint density at radius 3 is 2.00 bits per heavy atom. The van der Waals surface area contributed by atoms with Gasteiger partial charge >= 0.3 is 11.7 Å². The van der Waals surface area contributed by atoms with Crippen LogP contribution in [-0.2, 0) is 9.53 Å². The van der Waals surface area contributed by atoms with Crippen LogP contribution >= 0.6 is 46.1 Å². The first-order chi connectivity index (χ1) is 23.4. The van der Waals surface area contributed by atoms with Gasteiger partial charge in [-0.1, -0.05) is 37.0 Å². The lowest BCUT2D eigenvalue weighted by atomic mass is 10.0. The number of aryl methyl sites for hydroxylation is 3. The second kappa shape index (κ2) is 20.9. The average Bonchev–Trinajstić information content (AvgIpc) is 3.39. The number of rotatable bonds is 13. The first-order valence-electron chi connectivity index (χ1n) is 15.3. The number of thiophene rings is 1. The third-order valence-corrected chi connectivity index (χ3v) is 9.43. The molecule has 3 aromatic rings. The summed E-state index contributed by atoms with van der Waals surface area (Å²) in [5.74, 6) is -1.17. The molecule has 3 rings (SSSR count). The van der Waals surface area contributed by atoms with E-state index in [1.807, 2.05) is 34.6 Å². The standard InChI is InChI=1S/C13H19N3O4.C12H18ClNO2S.C8H6Cl2O3/c1-5-10(6-2)14-12-11(15(17)18)7-8(3)9(4)13(12)16(19)20;1-8-7-17-10(3)12(8)14(11(15)5-13)9(2)6-16-4;1-13-7-5(10)3-2-4(9)6(7)8(11)12/h7,10,14H,5-6H2,1-4H3;7,9H,5-6H2,1-4H3;2-3H,1H3,(H,11,12). The van der Waals surface area contributed by atoms with Crippen LogP contribution in [0.2, 0.25) is 10.0 Å². The van der Waals surface area contributed by atoms with Crippen LogP contribution in [0.15, 0.2) is 23.6 Å². The van der Waals surface area contributed by atoms with Crippen molar-refractivity contribution in [3.05, 3.63) is 81.0 Å². The first kappa shape index (κ1) is 44.3. The highest BCUT2D eigenvalue weighted by atomic mass is 35.5. The molecular weight excluding hydrogens is 735 g/mol. The van der Waals surface area contributed by atoms with E-state index in [-0.39, 0.29) is 62.3 Å². The van der Waals surface area contributed by atoms with Crippen molar-refractivity contribution in [2.75, 3.05) is 36.9 Å². The van der Waals surface area contributed by atoms with Crippen molar-refractivity contribution in [2.45, 2.75) is 73.4 Å². The van der Waals surface area contributed by atoms with E-state index in [4.69, 9.17) is 49.4 Å². The van der Waals surface area contributed by atoms with Gasteiger partial charge in [-0.15, -0.1) is 22.9 Å². The van der Waals surface area contributed by atoms with Crippen molar-refractivity contribution in [3.63, 3.8) is 0 Å². The van der Waals surface area contributed by atoms with Crippen molar-refractivity contribution in [1.82, 2.24) is 0 Å². The molecular formula is C33H43Cl3N4O9S. The van der Waals surface area contributed by atoms with Crippen LogP contribution in [0.3, 0.4) is 0 Å². The van der Waals surface area contributed by atoms with Gasteiger partial charge in [0.05, 0.1) is 45.3 Å². The summed E-state index contributed by atoms with van der Waals surface area (Å²) in [6, 6.07) is 4.23. The normalized spacial score (nSPS) is 11.1. The van der Waals surface area contributed by atoms with E-state index in [1.54, 1.807) is 37.2 Å². The maximum atomic E-state index is 12.0. The molecule has 17 heteroatoms. The number of hydrogen-bond donors (Lipinski definition) is 2. The van der Waals surface area contributed by atoms with Crippen LogP contribution in [0, 0.1) is 47.9 Å². The maximum absolute atomic E-state index is 12.0. The number of carboxylic acid groups (broad SMARTS) is 1. The molecule has 0 saturated heterocycles. The maximum Gasteiger partial charge on any atom is 0.341 e. The Balaban J connectivity index is 0.000000383. The molecule has 0 bridgehead atoms. The number of nitro benzene ring substituents is 2. The van der Waals surface area contributed by atoms with Crippen molar-refractivity contribution in [3.8, 4) is 5.75 Å². The minimum absolute atomic E-state index is 0.0109. The first-order valence-corrected chi connectivity index (χ1v) is 17.5. The SMILES string of the molecule is CCC(CC)Nc1c([N+](=O)[O-])cc(C)c(C)c1[N+](=O)[O-].COCC(C)N(C(=O)CCl)c1c(C)csc1C.COc1c(Cl)ccc(Cl)c1C(=O)O. The van der Waals surface area contributed by atoms with E-state index in [0.29, 0.717) is 17.7 Å². The Morgan fingerprint density at radius 1 is 1.02 bits per heavy atom. The minimum Gasteiger partial charge on any atom is -0.494 e. The number of carbonyl (C=O) groups excluding carboxylic acids is 1. The van der Waals surface area contributed by atoms with Crippen molar-refractivity contribution >= 4 is 80.8 Å². The van der Waals surface area contributed by atoms with Gasteiger partial charge < -0.3 is 24.8 Å². The summed E-state index contributed by atoms with van der Waals surface area (Å²) in [6.07, 6.45) is 1.47. The van der Waals surface area contributed by atoms with Crippen LogP contribution in [0.1, 0.15) is 65.5 Å². The number of aromatic carboxylic acids is 1. The number of halogens is 3. The summed E-state index contributed by atoms with van der Waals surface area (Å²) in [6.45, 7) is 13.6. The topological polar surface area (TPSA) is 174 Å². The van der Waals surface area contributed by atoms with Gasteiger partial charge in [-0.05, 0) is 76.1 Å². The molecule has 2 aromatic carbocycles. The zero-order chi connectivity index (χ0) is 38.5. The summed E-state index contributed by atoms with van der Waals surface area (Å²) in [7, 11) is 2.97. The third-order valence-electron chi connectivity index (χ3n) is 7.58. The lowest BCUT2D eigenvalue weighted by molar-refractivity contribution is -0.392. The molecule has 50 heavy (non-hydrogen) atoms. The molecule has 1 heterocycles. The van der Waals surface area contributed by atoms with E-state index in [0.717, 1.165) is 29.0 Å². The Morgan fingerprint density at radius 2 is 1.60 bits per heavy atom. The Hall–Kier alpha value is -3.69. The van der Waals surface area contributed by atoms with Crippen LogP contribution < -0.4 is 15.0 Å². The number of anilines is 2. The van der Waals surface area contributed by atoms with Crippen molar-refractivity contribution < 1.29 is 34.0 Å². The molecule has 0 fully saturated rings. The lowest BCUT2D eigenvalue weighted by Crippen LogP contribution is -2.42. The Labute approximate surface area is 310 Å². The fourth-order valence-corrected chi connectivity index (χ4v) is 6.35. The van der Waals surface area contributed by atoms with Gasteiger partial charge in [-0.25, -0.2) is 4.79 Å². The van der Waals surface area contributed by atoms with Crippen LogP contribution in [0.4, 0.5) is 22.7 Å². The molecule has 1 atom stereocenters. The lowest BCUT2D eigenvalue weighted by Gasteiger charge is -2.29. The van der Waals surface area contributed by atoms with E-state index in [1.165, 1.54) is 25.3 Å². The fraction of sp³-hybridized carbons (Fsp3) is 0.455. The molecule has 0 aliphatic heterocycles. The molecule has 0 spiro atoms. The largest absolute Gasteiger partial charge is 0.494 e. The number of methoxy groups -OCH3 is 2. The third kappa shape index (κ3) is 11.4. The molecule has 276 valence electrons. The number of nitrogens with one attached hydrogen (secondary N) is 1. The number of benzene rings is 2. The molecule has 13 nitrogen and oxygen atoms in total. The summed E-state index contributed by atoms with van der Waals surface area (Å²) < 4.78 is 9.94. The number of carboxylic acids is 1. The number of carbonyl (C=O) groups is 2. The van der Waals surface area contributed by atoms with Crippen LogP contribution in [-0.4, -0.2) is 65.6 Å². The molecule has 0 aliphatic carbocycles. The van der Waals surface area contributed by atoms with Gasteiger partial charge in [-0.3, -0.25) is 25.0 Å². The molecule has 0 aliphatic rings. The van der Waals surface area contributed by atoms with Gasteiger partial charge in [0.25, 0.3) is 5.69 Å². The highest BCUT2D eigenvalue weighted by Gasteiger charge is 2.30. The average molecular weight is 778 g/mol. The number of amides is 1. The second-order valence-corrected chi connectivity index (χ2v) is 13.2.